The molecular formula is C18H34NSn+. The summed E-state index contributed by atoms with van der Waals surface area (Å²) in [5, 5.41) is 0. The van der Waals surface area contributed by atoms with Gasteiger partial charge in [0.05, 0.1) is 0 Å². The molecule has 114 valence electrons. The zero-order valence-electron chi connectivity index (χ0n) is 14.1. The fourth-order valence-electron chi connectivity index (χ4n) is 3.26. The zero-order valence-corrected chi connectivity index (χ0v) is 17.0. The molecule has 1 heterocycles. The van der Waals surface area contributed by atoms with Gasteiger partial charge in [-0.3, -0.25) is 0 Å². The summed E-state index contributed by atoms with van der Waals surface area (Å²) in [7, 11) is 2.18. The van der Waals surface area contributed by atoms with Gasteiger partial charge in [-0.25, -0.2) is 0 Å². The van der Waals surface area contributed by atoms with Crippen LogP contribution < -0.4 is 8.15 Å². The zero-order chi connectivity index (χ0) is 14.8. The Kier molecular flexibility index (Phi) is 8.83. The van der Waals surface area contributed by atoms with Crippen molar-refractivity contribution in [2.75, 3.05) is 0 Å². The Morgan fingerprint density at radius 2 is 1.40 bits per heavy atom. The van der Waals surface area contributed by atoms with E-state index in [2.05, 4.69) is 56.9 Å². The number of unbranched alkanes of at least 4 members (excludes halogenated alkanes) is 3. The van der Waals surface area contributed by atoms with Gasteiger partial charge in [0.1, 0.15) is 0 Å². The van der Waals surface area contributed by atoms with Crippen LogP contribution in [0.15, 0.2) is 24.5 Å². The summed E-state index contributed by atoms with van der Waals surface area (Å²) in [6, 6.07) is 4.72. The maximum atomic E-state index is 2.46. The molecule has 0 atom stereocenters. The first-order valence-electron chi connectivity index (χ1n) is 8.64. The van der Waals surface area contributed by atoms with Gasteiger partial charge in [-0.05, 0) is 0 Å². The van der Waals surface area contributed by atoms with E-state index in [-0.39, 0.29) is 0 Å². The summed E-state index contributed by atoms with van der Waals surface area (Å²) >= 11 is -2.16. The van der Waals surface area contributed by atoms with E-state index in [0.717, 1.165) is 0 Å². The van der Waals surface area contributed by atoms with E-state index in [1.54, 1.807) is 16.9 Å². The van der Waals surface area contributed by atoms with Crippen LogP contribution in [0.2, 0.25) is 13.3 Å². The van der Waals surface area contributed by atoms with Gasteiger partial charge in [-0.15, -0.1) is 0 Å². The van der Waals surface area contributed by atoms with Gasteiger partial charge >= 0.3 is 131 Å². The van der Waals surface area contributed by atoms with E-state index in [4.69, 9.17) is 0 Å². The second-order valence-corrected chi connectivity index (χ2v) is 19.6. The third-order valence-electron chi connectivity index (χ3n) is 4.58. The molecule has 20 heavy (non-hydrogen) atoms. The van der Waals surface area contributed by atoms with Gasteiger partial charge in [0.2, 0.25) is 0 Å². The minimum absolute atomic E-state index is 1.36. The molecule has 0 unspecified atom stereocenters. The van der Waals surface area contributed by atoms with Gasteiger partial charge in [0.25, 0.3) is 0 Å². The van der Waals surface area contributed by atoms with E-state index in [9.17, 15) is 0 Å². The van der Waals surface area contributed by atoms with Crippen molar-refractivity contribution in [3.05, 3.63) is 24.5 Å². The molecule has 0 aliphatic rings. The average Bonchev–Trinajstić information content (AvgIpc) is 2.47. The first-order valence-corrected chi connectivity index (χ1v) is 16.1. The van der Waals surface area contributed by atoms with Crippen LogP contribution in [0.1, 0.15) is 59.3 Å². The van der Waals surface area contributed by atoms with Crippen LogP contribution >= 0.6 is 0 Å². The minimum atomic E-state index is -2.16. The quantitative estimate of drug-likeness (QED) is 0.412. The van der Waals surface area contributed by atoms with Crippen molar-refractivity contribution in [2.24, 2.45) is 7.05 Å². The van der Waals surface area contributed by atoms with Crippen LogP contribution in [-0.4, -0.2) is 18.4 Å². The van der Waals surface area contributed by atoms with Crippen molar-refractivity contribution in [2.45, 2.75) is 72.6 Å². The van der Waals surface area contributed by atoms with E-state index in [0.29, 0.717) is 0 Å². The van der Waals surface area contributed by atoms with Crippen molar-refractivity contribution in [3.8, 4) is 0 Å². The van der Waals surface area contributed by atoms with Crippen LogP contribution in [0, 0.1) is 0 Å². The molecular weight excluding hydrogens is 349 g/mol. The molecule has 0 aliphatic carbocycles. The molecule has 1 aromatic heterocycles. The van der Waals surface area contributed by atoms with Crippen LogP contribution in [-0.2, 0) is 7.05 Å². The SMILES string of the molecule is CCC[CH2][Sn]([CH2]CCC)([CH2]CCC)[c]1ccc[n+](C)c1. The Morgan fingerprint density at radius 3 is 1.80 bits per heavy atom. The Hall–Kier alpha value is -0.0513. The number of pyridine rings is 1. The molecule has 0 amide bonds. The maximum absolute atomic E-state index is 2.46. The summed E-state index contributed by atoms with van der Waals surface area (Å²) < 4.78 is 8.74. The van der Waals surface area contributed by atoms with Crippen molar-refractivity contribution < 1.29 is 4.57 Å². The number of hydrogen-bond donors (Lipinski definition) is 0. The third-order valence-corrected chi connectivity index (χ3v) is 20.1. The predicted octanol–water partition coefficient (Wildman–Crippen LogP) is 4.57. The number of aryl methyl sites for hydroxylation is 1. The summed E-state index contributed by atoms with van der Waals surface area (Å²) in [6.45, 7) is 7.05. The standard InChI is InChI=1S/C6H7N.3C4H9.Sn/c1-7-5-3-2-4-6-7;3*1-3-4-2;/h2-3,5-6H,1H3;3*1,3-4H2,2H3;/q+1;;;;. The van der Waals surface area contributed by atoms with Crippen molar-refractivity contribution >= 4 is 22.0 Å². The van der Waals surface area contributed by atoms with Crippen molar-refractivity contribution in [1.29, 1.82) is 0 Å². The summed E-state index contributed by atoms with van der Waals surface area (Å²) in [4.78, 5) is 0. The molecule has 0 radical (unpaired) electrons. The molecule has 0 aromatic carbocycles. The monoisotopic (exact) mass is 384 g/mol. The second-order valence-electron chi connectivity index (χ2n) is 6.35. The molecule has 0 spiro atoms. The number of aromatic nitrogens is 1. The molecule has 0 saturated carbocycles. The first kappa shape index (κ1) is 18.0. The van der Waals surface area contributed by atoms with Crippen LogP contribution in [0.5, 0.6) is 0 Å². The van der Waals surface area contributed by atoms with E-state index in [1.165, 1.54) is 38.5 Å². The number of hydrogen-bond acceptors (Lipinski definition) is 0. The number of nitrogens with zero attached hydrogens (tertiary/aromatic N) is 1. The molecule has 1 rings (SSSR count). The summed E-state index contributed by atoms with van der Waals surface area (Å²) in [6.07, 6.45) is 13.0. The fourth-order valence-corrected chi connectivity index (χ4v) is 19.3. The Balaban J connectivity index is 3.04. The molecule has 1 aromatic rings. The molecule has 0 fully saturated rings. The van der Waals surface area contributed by atoms with Crippen LogP contribution in [0.3, 0.4) is 0 Å². The molecule has 0 aliphatic heterocycles. The molecule has 0 saturated heterocycles. The predicted molar refractivity (Wildman–Crippen MR) is 92.2 cm³/mol. The van der Waals surface area contributed by atoms with Crippen molar-refractivity contribution in [1.82, 2.24) is 0 Å². The summed E-state index contributed by atoms with van der Waals surface area (Å²) in [5.41, 5.74) is 0. The van der Waals surface area contributed by atoms with Crippen LogP contribution in [0.25, 0.3) is 0 Å². The molecule has 0 N–H and O–H groups in total. The van der Waals surface area contributed by atoms with Gasteiger partial charge in [-0.1, -0.05) is 0 Å². The first-order chi connectivity index (χ1) is 9.68. The Morgan fingerprint density at radius 1 is 0.900 bits per heavy atom. The van der Waals surface area contributed by atoms with Crippen molar-refractivity contribution in [3.63, 3.8) is 0 Å². The molecule has 2 heteroatoms. The Bertz CT molecular complexity index is 354. The van der Waals surface area contributed by atoms with Gasteiger partial charge in [0, 0.05) is 0 Å². The van der Waals surface area contributed by atoms with E-state index >= 15 is 0 Å². The number of rotatable bonds is 10. The molecule has 0 bridgehead atoms. The Labute approximate surface area is 130 Å². The third kappa shape index (κ3) is 5.38. The molecule has 1 nitrogen and oxygen atoms in total. The van der Waals surface area contributed by atoms with Gasteiger partial charge in [0.15, 0.2) is 0 Å². The van der Waals surface area contributed by atoms with E-state index < -0.39 is 18.4 Å². The fraction of sp³-hybridized carbons (Fsp3) is 0.722. The second kappa shape index (κ2) is 9.81. The van der Waals surface area contributed by atoms with Crippen LogP contribution in [0.4, 0.5) is 0 Å². The average molecular weight is 383 g/mol. The summed E-state index contributed by atoms with van der Waals surface area (Å²) in [5.74, 6) is 0. The van der Waals surface area contributed by atoms with E-state index in [1.807, 2.05) is 0 Å². The normalized spacial score (nSPS) is 11.8. The van der Waals surface area contributed by atoms with Gasteiger partial charge < -0.3 is 0 Å². The van der Waals surface area contributed by atoms with Gasteiger partial charge in [-0.2, -0.15) is 0 Å². The topological polar surface area (TPSA) is 3.88 Å².